The number of methoxy groups -OCH3 is 1. The van der Waals surface area contributed by atoms with Crippen LogP contribution in [0, 0.1) is 5.82 Å². The molecule has 0 spiro atoms. The molecule has 1 atom stereocenters. The van der Waals surface area contributed by atoms with Gasteiger partial charge in [0.2, 0.25) is 5.76 Å². The van der Waals surface area contributed by atoms with Crippen molar-refractivity contribution in [2.45, 2.75) is 6.04 Å². The molecule has 132 valence electrons. The van der Waals surface area contributed by atoms with Crippen LogP contribution in [-0.4, -0.2) is 31.1 Å². The number of hydrogen-bond donors (Lipinski definition) is 0. The van der Waals surface area contributed by atoms with E-state index < -0.39 is 17.8 Å². The number of rotatable bonds is 4. The molecule has 26 heavy (non-hydrogen) atoms. The molecule has 0 radical (unpaired) electrons. The molecule has 0 N–H and O–H groups in total. The molecule has 1 aliphatic heterocycles. The van der Waals surface area contributed by atoms with E-state index in [9.17, 15) is 14.0 Å². The molecule has 0 saturated carbocycles. The SMILES string of the molecule is COCCN1C(=O)c2oc3ccccc3c(=O)c2C1c1cccc(F)c1. The lowest BCUT2D eigenvalue weighted by atomic mass is 9.98. The molecule has 0 saturated heterocycles. The van der Waals surface area contributed by atoms with Gasteiger partial charge in [0.15, 0.2) is 5.43 Å². The smallest absolute Gasteiger partial charge is 0.290 e. The van der Waals surface area contributed by atoms with Crippen molar-refractivity contribution in [3.8, 4) is 0 Å². The quantitative estimate of drug-likeness (QED) is 0.723. The number of carbonyl (C=O) groups excluding carboxylic acids is 1. The minimum atomic E-state index is -0.704. The van der Waals surface area contributed by atoms with E-state index in [-0.39, 0.29) is 23.3 Å². The molecule has 2 aromatic carbocycles. The maximum absolute atomic E-state index is 13.8. The minimum Gasteiger partial charge on any atom is -0.450 e. The maximum atomic E-state index is 13.8. The molecule has 5 nitrogen and oxygen atoms in total. The van der Waals surface area contributed by atoms with Crippen LogP contribution in [0.4, 0.5) is 4.39 Å². The van der Waals surface area contributed by atoms with Crippen LogP contribution in [-0.2, 0) is 4.74 Å². The highest BCUT2D eigenvalue weighted by Gasteiger charge is 2.42. The lowest BCUT2D eigenvalue weighted by Gasteiger charge is -2.24. The summed E-state index contributed by atoms with van der Waals surface area (Å²) in [5, 5.41) is 0.397. The molecule has 6 heteroatoms. The van der Waals surface area contributed by atoms with E-state index in [1.807, 2.05) is 0 Å². The molecular formula is C20H16FNO4. The van der Waals surface area contributed by atoms with Crippen LogP contribution >= 0.6 is 0 Å². The van der Waals surface area contributed by atoms with Crippen LogP contribution in [0.3, 0.4) is 0 Å². The summed E-state index contributed by atoms with van der Waals surface area (Å²) >= 11 is 0. The van der Waals surface area contributed by atoms with Gasteiger partial charge in [0.25, 0.3) is 5.91 Å². The average molecular weight is 353 g/mol. The summed E-state index contributed by atoms with van der Waals surface area (Å²) in [4.78, 5) is 27.5. The summed E-state index contributed by atoms with van der Waals surface area (Å²) in [6.45, 7) is 0.551. The Hall–Kier alpha value is -2.99. The summed E-state index contributed by atoms with van der Waals surface area (Å²) in [6, 6.07) is 12.0. The first kappa shape index (κ1) is 16.5. The van der Waals surface area contributed by atoms with E-state index in [1.54, 1.807) is 36.4 Å². The number of para-hydroxylation sites is 1. The van der Waals surface area contributed by atoms with Crippen LogP contribution in [0.1, 0.15) is 27.7 Å². The van der Waals surface area contributed by atoms with Gasteiger partial charge in [0.05, 0.1) is 23.6 Å². The number of carbonyl (C=O) groups is 1. The molecule has 0 bridgehead atoms. The molecule has 1 unspecified atom stereocenters. The molecule has 1 aromatic heterocycles. The molecule has 4 rings (SSSR count). The summed E-state index contributed by atoms with van der Waals surface area (Å²) < 4.78 is 24.7. The topological polar surface area (TPSA) is 59.8 Å². The number of halogens is 1. The van der Waals surface area contributed by atoms with E-state index in [0.29, 0.717) is 23.1 Å². The van der Waals surface area contributed by atoms with Gasteiger partial charge in [0, 0.05) is 13.7 Å². The van der Waals surface area contributed by atoms with Crippen molar-refractivity contribution < 1.29 is 18.3 Å². The largest absolute Gasteiger partial charge is 0.450 e. The second-order valence-corrected chi connectivity index (χ2v) is 6.12. The van der Waals surface area contributed by atoms with Crippen molar-refractivity contribution in [1.29, 1.82) is 0 Å². The highest BCUT2D eigenvalue weighted by molar-refractivity contribution is 5.99. The third-order valence-corrected chi connectivity index (χ3v) is 4.57. The number of benzene rings is 2. The summed E-state index contributed by atoms with van der Waals surface area (Å²) in [6.07, 6.45) is 0. The van der Waals surface area contributed by atoms with Gasteiger partial charge in [-0.3, -0.25) is 9.59 Å². The average Bonchev–Trinajstić information content (AvgIpc) is 2.93. The number of nitrogens with zero attached hydrogens (tertiary/aromatic N) is 1. The Labute approximate surface area is 148 Å². The zero-order valence-corrected chi connectivity index (χ0v) is 14.1. The van der Waals surface area contributed by atoms with Crippen molar-refractivity contribution in [3.63, 3.8) is 0 Å². The number of amides is 1. The van der Waals surface area contributed by atoms with Crippen molar-refractivity contribution in [2.24, 2.45) is 0 Å². The van der Waals surface area contributed by atoms with Crippen LogP contribution in [0.5, 0.6) is 0 Å². The second-order valence-electron chi connectivity index (χ2n) is 6.12. The van der Waals surface area contributed by atoms with Gasteiger partial charge in [-0.05, 0) is 29.8 Å². The predicted octanol–water partition coefficient (Wildman–Crippen LogP) is 3.12. The number of hydrogen-bond acceptors (Lipinski definition) is 4. The van der Waals surface area contributed by atoms with Crippen LogP contribution in [0.2, 0.25) is 0 Å². The fourth-order valence-electron chi connectivity index (χ4n) is 3.41. The highest BCUT2D eigenvalue weighted by atomic mass is 19.1. The first-order chi connectivity index (χ1) is 12.6. The van der Waals surface area contributed by atoms with E-state index >= 15 is 0 Å². The lowest BCUT2D eigenvalue weighted by molar-refractivity contribution is 0.0663. The van der Waals surface area contributed by atoms with Crippen LogP contribution in [0.15, 0.2) is 57.7 Å². The van der Waals surface area contributed by atoms with E-state index in [1.165, 1.54) is 24.1 Å². The van der Waals surface area contributed by atoms with Crippen molar-refractivity contribution in [1.82, 2.24) is 4.90 Å². The minimum absolute atomic E-state index is 0.0130. The molecule has 1 amide bonds. The Bertz CT molecular complexity index is 1060. The number of ether oxygens (including phenoxy) is 1. The second kappa shape index (κ2) is 6.38. The maximum Gasteiger partial charge on any atom is 0.290 e. The van der Waals surface area contributed by atoms with Crippen LogP contribution < -0.4 is 5.43 Å². The standard InChI is InChI=1S/C20H16FNO4/c1-25-10-9-22-17(12-5-4-6-13(21)11-12)16-18(23)14-7-2-3-8-15(14)26-19(16)20(22)24/h2-8,11,17H,9-10H2,1H3. The molecule has 3 aromatic rings. The fourth-order valence-corrected chi connectivity index (χ4v) is 3.41. The van der Waals surface area contributed by atoms with Crippen molar-refractivity contribution in [2.75, 3.05) is 20.3 Å². The Balaban J connectivity index is 1.97. The third kappa shape index (κ3) is 2.50. The van der Waals surface area contributed by atoms with Crippen LogP contribution in [0.25, 0.3) is 11.0 Å². The Morgan fingerprint density at radius 3 is 2.73 bits per heavy atom. The molecule has 2 heterocycles. The monoisotopic (exact) mass is 353 g/mol. The zero-order chi connectivity index (χ0) is 18.3. The number of fused-ring (bicyclic) bond motifs is 2. The van der Waals surface area contributed by atoms with E-state index in [0.717, 1.165) is 0 Å². The normalized spacial score (nSPS) is 16.3. The van der Waals surface area contributed by atoms with E-state index in [2.05, 4.69) is 0 Å². The highest BCUT2D eigenvalue weighted by Crippen LogP contribution is 2.37. The van der Waals surface area contributed by atoms with E-state index in [4.69, 9.17) is 9.15 Å². The molecular weight excluding hydrogens is 337 g/mol. The molecule has 0 fully saturated rings. The molecule has 0 aliphatic carbocycles. The summed E-state index contributed by atoms with van der Waals surface area (Å²) in [7, 11) is 1.53. The Morgan fingerprint density at radius 2 is 1.96 bits per heavy atom. The first-order valence-electron chi connectivity index (χ1n) is 8.23. The third-order valence-electron chi connectivity index (χ3n) is 4.57. The van der Waals surface area contributed by atoms with Gasteiger partial charge >= 0.3 is 0 Å². The van der Waals surface area contributed by atoms with Gasteiger partial charge in [-0.25, -0.2) is 4.39 Å². The molecule has 1 aliphatic rings. The Kier molecular flexibility index (Phi) is 4.05. The lowest BCUT2D eigenvalue weighted by Crippen LogP contribution is -2.32. The predicted molar refractivity (Wildman–Crippen MR) is 93.6 cm³/mol. The van der Waals surface area contributed by atoms with Gasteiger partial charge in [-0.2, -0.15) is 0 Å². The van der Waals surface area contributed by atoms with Crippen molar-refractivity contribution in [3.05, 3.63) is 81.5 Å². The van der Waals surface area contributed by atoms with Gasteiger partial charge < -0.3 is 14.1 Å². The first-order valence-corrected chi connectivity index (χ1v) is 8.23. The van der Waals surface area contributed by atoms with Gasteiger partial charge in [0.1, 0.15) is 11.4 Å². The summed E-state index contributed by atoms with van der Waals surface area (Å²) in [5.74, 6) is -0.812. The van der Waals surface area contributed by atoms with Crippen molar-refractivity contribution >= 4 is 16.9 Å². The van der Waals surface area contributed by atoms with Gasteiger partial charge in [-0.15, -0.1) is 0 Å². The summed E-state index contributed by atoms with van der Waals surface area (Å²) in [5.41, 5.74) is 0.853. The fraction of sp³-hybridized carbons (Fsp3) is 0.200. The Morgan fingerprint density at radius 1 is 1.15 bits per heavy atom. The van der Waals surface area contributed by atoms with Gasteiger partial charge in [-0.1, -0.05) is 24.3 Å². The zero-order valence-electron chi connectivity index (χ0n) is 14.1.